The van der Waals surface area contributed by atoms with Crippen molar-refractivity contribution in [3.05, 3.63) is 40.1 Å². The Kier molecular flexibility index (Phi) is 5.80. The predicted octanol–water partition coefficient (Wildman–Crippen LogP) is 3.33. The van der Waals surface area contributed by atoms with Gasteiger partial charge < -0.3 is 14.8 Å². The van der Waals surface area contributed by atoms with Gasteiger partial charge >= 0.3 is 0 Å². The molecule has 0 aliphatic carbocycles. The monoisotopic (exact) mass is 443 g/mol. The first-order chi connectivity index (χ1) is 13.4. The summed E-state index contributed by atoms with van der Waals surface area (Å²) >= 11 is 3.36. The number of carbonyl (C=O) groups excluding carboxylic acids is 1. The van der Waals surface area contributed by atoms with Crippen LogP contribution in [0.25, 0.3) is 11.0 Å². The van der Waals surface area contributed by atoms with Crippen molar-refractivity contribution < 1.29 is 14.3 Å². The number of nitrogens with zero attached hydrogens (tertiary/aromatic N) is 4. The van der Waals surface area contributed by atoms with Crippen LogP contribution in [-0.4, -0.2) is 33.9 Å². The van der Waals surface area contributed by atoms with Crippen molar-refractivity contribution in [3.8, 4) is 17.6 Å². The Morgan fingerprint density at radius 2 is 2.14 bits per heavy atom. The highest BCUT2D eigenvalue weighted by Gasteiger charge is 2.15. The minimum Gasteiger partial charge on any atom is -0.490 e. The number of hydrogen-bond acceptors (Lipinski definition) is 6. The maximum absolute atomic E-state index is 12.3. The Balaban J connectivity index is 1.73. The lowest BCUT2D eigenvalue weighted by Crippen LogP contribution is -2.20. The first kappa shape index (κ1) is 19.6. The summed E-state index contributed by atoms with van der Waals surface area (Å²) in [7, 11) is 1.82. The summed E-state index contributed by atoms with van der Waals surface area (Å²) in [6, 6.07) is 7.06. The number of nitrogens with one attached hydrogen (secondary N) is 1. The number of nitriles is 1. The molecule has 2 heterocycles. The first-order valence-corrected chi connectivity index (χ1v) is 9.30. The smallest absolute Gasteiger partial charge is 0.262 e. The van der Waals surface area contributed by atoms with Gasteiger partial charge in [-0.05, 0) is 41.9 Å². The van der Waals surface area contributed by atoms with E-state index in [1.54, 1.807) is 23.0 Å². The van der Waals surface area contributed by atoms with Gasteiger partial charge in [-0.25, -0.2) is 4.98 Å². The van der Waals surface area contributed by atoms with Crippen LogP contribution in [0.2, 0.25) is 0 Å². The van der Waals surface area contributed by atoms with Crippen molar-refractivity contribution in [1.82, 2.24) is 14.8 Å². The lowest BCUT2D eigenvalue weighted by atomic mass is 10.2. The van der Waals surface area contributed by atoms with Crippen LogP contribution in [0.15, 0.2) is 28.9 Å². The molecule has 1 N–H and O–H groups in total. The molecule has 1 amide bonds. The minimum absolute atomic E-state index is 0.228. The third-order valence-corrected chi connectivity index (χ3v) is 4.52. The number of ether oxygens (including phenoxy) is 2. The molecule has 0 saturated heterocycles. The molecular formula is C19H18BrN5O3. The van der Waals surface area contributed by atoms with Crippen molar-refractivity contribution in [2.24, 2.45) is 7.05 Å². The van der Waals surface area contributed by atoms with E-state index in [0.29, 0.717) is 33.8 Å². The van der Waals surface area contributed by atoms with E-state index in [2.05, 4.69) is 37.4 Å². The normalized spacial score (nSPS) is 10.5. The molecule has 9 heteroatoms. The zero-order valence-corrected chi connectivity index (χ0v) is 17.2. The van der Waals surface area contributed by atoms with Crippen LogP contribution >= 0.6 is 15.9 Å². The third kappa shape index (κ3) is 4.07. The molecule has 3 rings (SSSR count). The summed E-state index contributed by atoms with van der Waals surface area (Å²) < 4.78 is 13.4. The number of halogens is 1. The van der Waals surface area contributed by atoms with Gasteiger partial charge in [-0.2, -0.15) is 10.4 Å². The summed E-state index contributed by atoms with van der Waals surface area (Å²) in [4.78, 5) is 16.7. The fourth-order valence-electron chi connectivity index (χ4n) is 2.75. The van der Waals surface area contributed by atoms with Crippen LogP contribution < -0.4 is 14.8 Å². The summed E-state index contributed by atoms with van der Waals surface area (Å²) in [5, 5.41) is 17.0. The fourth-order valence-corrected chi connectivity index (χ4v) is 3.30. The number of aryl methyl sites for hydroxylation is 2. The van der Waals surface area contributed by atoms with Gasteiger partial charge in [0.05, 0.1) is 40.3 Å². The maximum atomic E-state index is 12.3. The Morgan fingerprint density at radius 1 is 1.36 bits per heavy atom. The standard InChI is InChI=1S/C19H18BrN5O3/c1-4-27-16-6-12(8-21)5-15(20)18(16)28-10-17(26)23-13-7-14-11(2)24-25(3)19(14)22-9-13/h5-7,9H,4,10H2,1-3H3,(H,23,26). The van der Waals surface area contributed by atoms with E-state index in [4.69, 9.17) is 14.7 Å². The van der Waals surface area contributed by atoms with E-state index in [9.17, 15) is 4.79 Å². The first-order valence-electron chi connectivity index (χ1n) is 8.51. The van der Waals surface area contributed by atoms with Gasteiger partial charge in [-0.1, -0.05) is 0 Å². The van der Waals surface area contributed by atoms with Crippen LogP contribution in [0.3, 0.4) is 0 Å². The van der Waals surface area contributed by atoms with Crippen molar-refractivity contribution in [2.45, 2.75) is 13.8 Å². The van der Waals surface area contributed by atoms with Gasteiger partial charge in [-0.15, -0.1) is 0 Å². The van der Waals surface area contributed by atoms with Gasteiger partial charge in [0.1, 0.15) is 0 Å². The number of anilines is 1. The number of hydrogen-bond donors (Lipinski definition) is 1. The van der Waals surface area contributed by atoms with Gasteiger partial charge in [-0.3, -0.25) is 9.48 Å². The van der Waals surface area contributed by atoms with Crippen LogP contribution in [0.4, 0.5) is 5.69 Å². The average Bonchev–Trinajstić information content (AvgIpc) is 2.94. The van der Waals surface area contributed by atoms with E-state index >= 15 is 0 Å². The highest BCUT2D eigenvalue weighted by Crippen LogP contribution is 2.36. The Hall–Kier alpha value is -3.12. The number of pyridine rings is 1. The topological polar surface area (TPSA) is 102 Å². The highest BCUT2D eigenvalue weighted by atomic mass is 79.9. The molecule has 0 aliphatic heterocycles. The molecule has 0 unspecified atom stereocenters. The maximum Gasteiger partial charge on any atom is 0.262 e. The molecule has 3 aromatic rings. The Labute approximate surface area is 170 Å². The number of aromatic nitrogens is 3. The zero-order valence-electron chi connectivity index (χ0n) is 15.6. The fraction of sp³-hybridized carbons (Fsp3) is 0.263. The molecule has 2 aromatic heterocycles. The lowest BCUT2D eigenvalue weighted by Gasteiger charge is -2.14. The molecule has 28 heavy (non-hydrogen) atoms. The number of carbonyl (C=O) groups is 1. The molecule has 0 bridgehead atoms. The van der Waals surface area contributed by atoms with E-state index in [1.807, 2.05) is 27.0 Å². The number of benzene rings is 1. The van der Waals surface area contributed by atoms with Crippen molar-refractivity contribution in [1.29, 1.82) is 5.26 Å². The summed E-state index contributed by atoms with van der Waals surface area (Å²) in [5.74, 6) is 0.421. The van der Waals surface area contributed by atoms with E-state index in [0.717, 1.165) is 16.7 Å². The summed E-state index contributed by atoms with van der Waals surface area (Å²) in [5.41, 5.74) is 2.56. The molecular weight excluding hydrogens is 426 g/mol. The SMILES string of the molecule is CCOc1cc(C#N)cc(Br)c1OCC(=O)Nc1cnc2c(c1)c(C)nn2C. The zero-order chi connectivity index (χ0) is 20.3. The van der Waals surface area contributed by atoms with Crippen LogP contribution in [-0.2, 0) is 11.8 Å². The molecule has 0 radical (unpaired) electrons. The van der Waals surface area contributed by atoms with Gasteiger partial charge in [0, 0.05) is 18.5 Å². The number of fused-ring (bicyclic) bond motifs is 1. The Bertz CT molecular complexity index is 1090. The molecule has 8 nitrogen and oxygen atoms in total. The van der Waals surface area contributed by atoms with Crippen LogP contribution in [0.1, 0.15) is 18.2 Å². The lowest BCUT2D eigenvalue weighted by molar-refractivity contribution is -0.118. The van der Waals surface area contributed by atoms with Crippen molar-refractivity contribution in [3.63, 3.8) is 0 Å². The molecule has 0 atom stereocenters. The third-order valence-electron chi connectivity index (χ3n) is 3.93. The number of rotatable bonds is 6. The average molecular weight is 444 g/mol. The second kappa shape index (κ2) is 8.27. The number of amides is 1. The van der Waals surface area contributed by atoms with Gasteiger partial charge in [0.15, 0.2) is 23.8 Å². The van der Waals surface area contributed by atoms with E-state index in [-0.39, 0.29) is 12.5 Å². The van der Waals surface area contributed by atoms with Crippen LogP contribution in [0.5, 0.6) is 11.5 Å². The van der Waals surface area contributed by atoms with Crippen molar-refractivity contribution in [2.75, 3.05) is 18.5 Å². The van der Waals surface area contributed by atoms with Crippen LogP contribution in [0, 0.1) is 18.3 Å². The molecule has 0 fully saturated rings. The van der Waals surface area contributed by atoms with E-state index < -0.39 is 0 Å². The quantitative estimate of drug-likeness (QED) is 0.626. The van der Waals surface area contributed by atoms with Gasteiger partial charge in [0.2, 0.25) is 0 Å². The second-order valence-corrected chi connectivity index (χ2v) is 6.83. The van der Waals surface area contributed by atoms with Crippen molar-refractivity contribution >= 4 is 38.6 Å². The molecule has 144 valence electrons. The summed E-state index contributed by atoms with van der Waals surface area (Å²) in [6.07, 6.45) is 1.57. The van der Waals surface area contributed by atoms with Gasteiger partial charge in [0.25, 0.3) is 5.91 Å². The summed E-state index contributed by atoms with van der Waals surface area (Å²) in [6.45, 7) is 3.89. The molecule has 0 saturated carbocycles. The second-order valence-electron chi connectivity index (χ2n) is 5.97. The highest BCUT2D eigenvalue weighted by molar-refractivity contribution is 9.10. The molecule has 0 spiro atoms. The predicted molar refractivity (Wildman–Crippen MR) is 107 cm³/mol. The molecule has 1 aromatic carbocycles. The Morgan fingerprint density at radius 3 is 2.86 bits per heavy atom. The largest absolute Gasteiger partial charge is 0.490 e. The molecule has 0 aliphatic rings. The van der Waals surface area contributed by atoms with E-state index in [1.165, 1.54) is 0 Å². The minimum atomic E-state index is -0.346.